The first kappa shape index (κ1) is 39.6. The number of fused-ring (bicyclic) bond motifs is 9. The van der Waals surface area contributed by atoms with Gasteiger partial charge in [0.05, 0.1) is 22.5 Å². The molecule has 0 bridgehead atoms. The van der Waals surface area contributed by atoms with Gasteiger partial charge in [-0.3, -0.25) is 4.99 Å². The predicted octanol–water partition coefficient (Wildman–Crippen LogP) is 16.0. The van der Waals surface area contributed by atoms with E-state index in [0.29, 0.717) is 0 Å². The molecule has 3 aliphatic rings. The highest BCUT2D eigenvalue weighted by atomic mass is 15.2. The fourth-order valence-corrected chi connectivity index (χ4v) is 11.1. The first-order chi connectivity index (χ1) is 33.7. The van der Waals surface area contributed by atoms with Crippen LogP contribution in [-0.2, 0) is 5.41 Å². The molecular weight excluding hydrogens is 823 g/mol. The summed E-state index contributed by atoms with van der Waals surface area (Å²) < 4.78 is 0. The molecule has 0 amide bonds. The third-order valence-corrected chi connectivity index (χ3v) is 14.1. The summed E-state index contributed by atoms with van der Waals surface area (Å²) >= 11 is 0. The Bertz CT molecular complexity index is 3540. The van der Waals surface area contributed by atoms with Gasteiger partial charge in [-0.15, -0.1) is 0 Å². The van der Waals surface area contributed by atoms with E-state index in [1.165, 1.54) is 72.6 Å². The van der Waals surface area contributed by atoms with E-state index in [2.05, 4.69) is 271 Å². The molecule has 1 N–H and O–H groups in total. The van der Waals surface area contributed by atoms with Gasteiger partial charge in [0.25, 0.3) is 0 Å². The molecule has 3 heteroatoms. The zero-order chi connectivity index (χ0) is 45.0. The van der Waals surface area contributed by atoms with Crippen molar-refractivity contribution in [3.05, 3.63) is 300 Å². The van der Waals surface area contributed by atoms with E-state index in [4.69, 9.17) is 4.99 Å². The molecule has 3 nitrogen and oxygen atoms in total. The van der Waals surface area contributed by atoms with E-state index in [9.17, 15) is 0 Å². The number of nitrogens with zero attached hydrogens (tertiary/aromatic N) is 2. The number of hydrogen-bond acceptors (Lipinski definition) is 3. The normalized spacial score (nSPS) is 15.0. The van der Waals surface area contributed by atoms with Crippen molar-refractivity contribution in [2.75, 3.05) is 4.90 Å². The van der Waals surface area contributed by atoms with Crippen molar-refractivity contribution in [2.45, 2.75) is 11.6 Å². The van der Waals surface area contributed by atoms with Crippen LogP contribution in [0.3, 0.4) is 0 Å². The van der Waals surface area contributed by atoms with E-state index in [1.807, 2.05) is 0 Å². The number of para-hydroxylation sites is 3. The highest BCUT2D eigenvalue weighted by molar-refractivity contribution is 6.13. The number of allylic oxidation sites excluding steroid dienone is 1. The maximum atomic E-state index is 5.37. The minimum Gasteiger partial charge on any atom is -0.360 e. The summed E-state index contributed by atoms with van der Waals surface area (Å²) in [6.45, 7) is 0. The van der Waals surface area contributed by atoms with Crippen LogP contribution < -0.4 is 10.2 Å². The number of benzene rings is 10. The summed E-state index contributed by atoms with van der Waals surface area (Å²) in [4.78, 5) is 7.81. The van der Waals surface area contributed by atoms with Gasteiger partial charge in [-0.2, -0.15) is 0 Å². The van der Waals surface area contributed by atoms with Gasteiger partial charge in [0, 0.05) is 11.4 Å². The second-order valence-corrected chi connectivity index (χ2v) is 17.9. The number of rotatable bonds is 7. The monoisotopic (exact) mass is 867 g/mol. The SMILES string of the molecule is C1=C(c2ccc(-c3ccccc3)cc2)NC(c2cccc(-c3ccccc3-c3ccc4c(c3)C3(c5ccccc5-4)c4ccccc4N(c4ccccc4)c4ccccc43)c2)N=C1c1ccccc1. The average molecular weight is 868 g/mol. The maximum absolute atomic E-state index is 5.37. The summed E-state index contributed by atoms with van der Waals surface area (Å²) in [6, 6.07) is 92.8. The molecule has 10 aromatic rings. The van der Waals surface area contributed by atoms with E-state index in [-0.39, 0.29) is 6.17 Å². The average Bonchev–Trinajstić information content (AvgIpc) is 3.71. The molecule has 13 rings (SSSR count). The molecule has 2 aliphatic heterocycles. The van der Waals surface area contributed by atoms with Gasteiger partial charge in [-0.1, -0.05) is 218 Å². The Kier molecular flexibility index (Phi) is 9.47. The largest absolute Gasteiger partial charge is 0.360 e. The quantitative estimate of drug-likeness (QED) is 0.173. The molecule has 0 fully saturated rings. The van der Waals surface area contributed by atoms with Crippen molar-refractivity contribution in [3.63, 3.8) is 0 Å². The number of anilines is 3. The number of aliphatic imine (C=N–C) groups is 1. The van der Waals surface area contributed by atoms with Crippen LogP contribution in [0.5, 0.6) is 0 Å². The van der Waals surface area contributed by atoms with Crippen molar-refractivity contribution in [1.82, 2.24) is 5.32 Å². The van der Waals surface area contributed by atoms with Gasteiger partial charge in [0.15, 0.2) is 0 Å². The van der Waals surface area contributed by atoms with E-state index < -0.39 is 5.41 Å². The molecule has 10 aromatic carbocycles. The molecular formula is C65H45N3. The molecule has 1 atom stereocenters. The molecule has 0 radical (unpaired) electrons. The van der Waals surface area contributed by atoms with Crippen molar-refractivity contribution in [1.29, 1.82) is 0 Å². The first-order valence-electron chi connectivity index (χ1n) is 23.5. The fourth-order valence-electron chi connectivity index (χ4n) is 11.1. The molecule has 320 valence electrons. The zero-order valence-electron chi connectivity index (χ0n) is 37.3. The lowest BCUT2D eigenvalue weighted by Gasteiger charge is -2.45. The highest BCUT2D eigenvalue weighted by Gasteiger charge is 2.51. The highest BCUT2D eigenvalue weighted by Crippen LogP contribution is 2.63. The maximum Gasteiger partial charge on any atom is 0.145 e. The van der Waals surface area contributed by atoms with Crippen LogP contribution in [0.25, 0.3) is 50.2 Å². The molecule has 1 spiro atoms. The Hall–Kier alpha value is -8.79. The lowest BCUT2D eigenvalue weighted by atomic mass is 9.64. The van der Waals surface area contributed by atoms with Gasteiger partial charge >= 0.3 is 0 Å². The van der Waals surface area contributed by atoms with Crippen LogP contribution in [0.1, 0.15) is 45.1 Å². The Balaban J connectivity index is 0.919. The van der Waals surface area contributed by atoms with Crippen molar-refractivity contribution in [2.24, 2.45) is 4.99 Å². The Morgan fingerprint density at radius 2 is 0.838 bits per heavy atom. The molecule has 0 aromatic heterocycles. The second-order valence-electron chi connectivity index (χ2n) is 17.9. The third kappa shape index (κ3) is 6.39. The summed E-state index contributed by atoms with van der Waals surface area (Å²) in [5, 5.41) is 3.84. The van der Waals surface area contributed by atoms with Crippen LogP contribution >= 0.6 is 0 Å². The Morgan fingerprint density at radius 1 is 0.353 bits per heavy atom. The molecule has 1 unspecified atom stereocenters. The lowest BCUT2D eigenvalue weighted by Crippen LogP contribution is -2.36. The predicted molar refractivity (Wildman–Crippen MR) is 282 cm³/mol. The van der Waals surface area contributed by atoms with Crippen LogP contribution in [0, 0.1) is 0 Å². The second kappa shape index (κ2) is 16.3. The van der Waals surface area contributed by atoms with Crippen LogP contribution in [0.4, 0.5) is 17.1 Å². The molecule has 0 saturated carbocycles. The molecule has 2 heterocycles. The summed E-state index contributed by atoms with van der Waals surface area (Å²) in [7, 11) is 0. The number of hydrogen-bond donors (Lipinski definition) is 1. The van der Waals surface area contributed by atoms with Crippen molar-refractivity contribution in [3.8, 4) is 44.5 Å². The van der Waals surface area contributed by atoms with E-state index >= 15 is 0 Å². The van der Waals surface area contributed by atoms with Crippen molar-refractivity contribution >= 4 is 28.5 Å². The van der Waals surface area contributed by atoms with Gasteiger partial charge in [-0.25, -0.2) is 0 Å². The molecule has 68 heavy (non-hydrogen) atoms. The minimum atomic E-state index is -0.538. The van der Waals surface area contributed by atoms with E-state index in [1.54, 1.807) is 0 Å². The van der Waals surface area contributed by atoms with Crippen LogP contribution in [0.2, 0.25) is 0 Å². The third-order valence-electron chi connectivity index (χ3n) is 14.1. The van der Waals surface area contributed by atoms with Crippen LogP contribution in [0.15, 0.2) is 266 Å². The molecule has 0 saturated heterocycles. The Morgan fingerprint density at radius 3 is 1.51 bits per heavy atom. The van der Waals surface area contributed by atoms with Gasteiger partial charge in [0.2, 0.25) is 0 Å². The van der Waals surface area contributed by atoms with Crippen molar-refractivity contribution < 1.29 is 0 Å². The summed E-state index contributed by atoms with van der Waals surface area (Å²) in [5.74, 6) is 0. The van der Waals surface area contributed by atoms with Gasteiger partial charge < -0.3 is 10.2 Å². The summed E-state index contributed by atoms with van der Waals surface area (Å²) in [6.07, 6.45) is 1.88. The number of nitrogens with one attached hydrogen (secondary N) is 1. The first-order valence-corrected chi connectivity index (χ1v) is 23.5. The zero-order valence-corrected chi connectivity index (χ0v) is 37.3. The standard InChI is InChI=1S/C65H45N3/c1-4-19-44(20-5-1)45-35-37-47(38-36-45)61-43-60(46-21-6-2-7-22-46)66-64(67-61)50-24-18-23-48(41-50)52-27-10-11-28-53(52)49-39-40-55-54-29-12-13-30-56(54)65(59(55)42-49)57-31-14-16-33-62(57)68(51-25-8-3-9-26-51)63-34-17-15-32-58(63)65/h1-43,64,67H. The minimum absolute atomic E-state index is 0.300. The lowest BCUT2D eigenvalue weighted by molar-refractivity contribution is 0.664. The van der Waals surface area contributed by atoms with Crippen LogP contribution in [-0.4, -0.2) is 5.71 Å². The van der Waals surface area contributed by atoms with E-state index in [0.717, 1.165) is 39.3 Å². The Labute approximate surface area is 397 Å². The molecule has 1 aliphatic carbocycles. The topological polar surface area (TPSA) is 27.6 Å². The summed E-state index contributed by atoms with van der Waals surface area (Å²) in [5.41, 5.74) is 23.1. The smallest absolute Gasteiger partial charge is 0.145 e. The van der Waals surface area contributed by atoms with Gasteiger partial charge in [-0.05, 0) is 126 Å². The fraction of sp³-hybridized carbons (Fsp3) is 0.0308. The van der Waals surface area contributed by atoms with Gasteiger partial charge in [0.1, 0.15) is 6.17 Å².